The van der Waals surface area contributed by atoms with Gasteiger partial charge in [0, 0.05) is 11.8 Å². The van der Waals surface area contributed by atoms with Gasteiger partial charge < -0.3 is 10.1 Å². The number of aromatic nitrogens is 1. The van der Waals surface area contributed by atoms with Crippen LogP contribution in [0.4, 0.5) is 5.82 Å². The highest BCUT2D eigenvalue weighted by molar-refractivity contribution is 9.10. The molecule has 2 rings (SSSR count). The molecule has 1 amide bonds. The Kier molecular flexibility index (Phi) is 4.16. The van der Waals surface area contributed by atoms with Crippen LogP contribution in [0.15, 0.2) is 41.0 Å². The minimum atomic E-state index is -0.224. The number of rotatable bonds is 3. The summed E-state index contributed by atoms with van der Waals surface area (Å²) >= 11 is 3.34. The van der Waals surface area contributed by atoms with Gasteiger partial charge in [-0.3, -0.25) is 4.79 Å². The molecule has 0 fully saturated rings. The number of carbonyl (C=O) groups excluding carboxylic acids is 1. The van der Waals surface area contributed by atoms with E-state index < -0.39 is 0 Å². The van der Waals surface area contributed by atoms with E-state index in [9.17, 15) is 4.79 Å². The van der Waals surface area contributed by atoms with E-state index in [1.807, 2.05) is 19.1 Å². The Balaban J connectivity index is 2.23. The smallest absolute Gasteiger partial charge is 0.256 e. The van der Waals surface area contributed by atoms with Crippen LogP contribution in [0.3, 0.4) is 0 Å². The molecule has 2 aromatic rings. The Labute approximate surface area is 119 Å². The van der Waals surface area contributed by atoms with Crippen molar-refractivity contribution in [3.05, 3.63) is 52.1 Å². The highest BCUT2D eigenvalue weighted by atomic mass is 79.9. The molecule has 0 saturated carbocycles. The number of benzene rings is 1. The highest BCUT2D eigenvalue weighted by Crippen LogP contribution is 2.22. The van der Waals surface area contributed by atoms with E-state index in [0.717, 1.165) is 10.0 Å². The number of hydrogen-bond acceptors (Lipinski definition) is 3. The third-order valence-corrected chi connectivity index (χ3v) is 3.30. The number of aryl methyl sites for hydroxylation is 1. The number of ether oxygens (including phenoxy) is 1. The van der Waals surface area contributed by atoms with Crippen LogP contribution in [0.1, 0.15) is 15.9 Å². The molecule has 1 aromatic carbocycles. The van der Waals surface area contributed by atoms with Crippen LogP contribution in [0.5, 0.6) is 5.75 Å². The van der Waals surface area contributed by atoms with Crippen molar-refractivity contribution in [3.8, 4) is 5.75 Å². The number of amides is 1. The molecule has 0 aliphatic carbocycles. The summed E-state index contributed by atoms with van der Waals surface area (Å²) in [4.78, 5) is 16.2. The minimum Gasteiger partial charge on any atom is -0.496 e. The molecule has 5 heteroatoms. The number of halogens is 1. The number of carbonyl (C=O) groups is 1. The van der Waals surface area contributed by atoms with Gasteiger partial charge in [-0.1, -0.05) is 6.07 Å². The molecule has 1 N–H and O–H groups in total. The predicted molar refractivity (Wildman–Crippen MR) is 77.6 cm³/mol. The van der Waals surface area contributed by atoms with Crippen LogP contribution in [0, 0.1) is 6.92 Å². The first-order valence-electron chi connectivity index (χ1n) is 5.68. The molecular formula is C14H13BrN2O2. The normalized spacial score (nSPS) is 10.1. The van der Waals surface area contributed by atoms with Crippen molar-refractivity contribution in [1.82, 2.24) is 4.98 Å². The maximum Gasteiger partial charge on any atom is 0.256 e. The van der Waals surface area contributed by atoms with Gasteiger partial charge in [0.1, 0.15) is 11.6 Å². The number of nitrogens with zero attached hydrogens (tertiary/aromatic N) is 1. The van der Waals surface area contributed by atoms with Crippen molar-refractivity contribution in [2.75, 3.05) is 12.4 Å². The van der Waals surface area contributed by atoms with Gasteiger partial charge in [-0.2, -0.15) is 0 Å². The number of methoxy groups -OCH3 is 1. The molecule has 0 spiro atoms. The Hall–Kier alpha value is -1.88. The molecule has 0 radical (unpaired) electrons. The van der Waals surface area contributed by atoms with Crippen LogP contribution in [0.25, 0.3) is 0 Å². The van der Waals surface area contributed by atoms with Gasteiger partial charge >= 0.3 is 0 Å². The van der Waals surface area contributed by atoms with Crippen molar-refractivity contribution >= 4 is 27.7 Å². The molecule has 0 unspecified atom stereocenters. The van der Waals surface area contributed by atoms with E-state index >= 15 is 0 Å². The van der Waals surface area contributed by atoms with Gasteiger partial charge in [-0.05, 0) is 52.7 Å². The molecule has 0 aliphatic heterocycles. The van der Waals surface area contributed by atoms with Crippen molar-refractivity contribution in [3.63, 3.8) is 0 Å². The summed E-state index contributed by atoms with van der Waals surface area (Å²) in [5.41, 5.74) is 1.51. The fourth-order valence-corrected chi connectivity index (χ4v) is 1.97. The molecule has 19 heavy (non-hydrogen) atoms. The van der Waals surface area contributed by atoms with E-state index in [1.165, 1.54) is 0 Å². The summed E-state index contributed by atoms with van der Waals surface area (Å²) in [6.45, 7) is 1.93. The van der Waals surface area contributed by atoms with Crippen molar-refractivity contribution < 1.29 is 9.53 Å². The second-order valence-electron chi connectivity index (χ2n) is 3.97. The summed E-state index contributed by atoms with van der Waals surface area (Å²) in [7, 11) is 1.58. The molecule has 98 valence electrons. The molecule has 1 aromatic heterocycles. The quantitative estimate of drug-likeness (QED) is 0.942. The second-order valence-corrected chi connectivity index (χ2v) is 4.83. The summed E-state index contributed by atoms with van der Waals surface area (Å²) < 4.78 is 5.94. The van der Waals surface area contributed by atoms with E-state index in [1.54, 1.807) is 31.5 Å². The average molecular weight is 321 g/mol. The van der Waals surface area contributed by atoms with E-state index in [0.29, 0.717) is 17.1 Å². The Morgan fingerprint density at radius 3 is 2.84 bits per heavy atom. The van der Waals surface area contributed by atoms with Crippen LogP contribution in [-0.2, 0) is 0 Å². The van der Waals surface area contributed by atoms with Crippen molar-refractivity contribution in [1.29, 1.82) is 0 Å². The number of hydrogen-bond donors (Lipinski definition) is 1. The largest absolute Gasteiger partial charge is 0.496 e. The first-order chi connectivity index (χ1) is 9.11. The molecule has 0 aliphatic rings. The third kappa shape index (κ3) is 3.12. The van der Waals surface area contributed by atoms with Gasteiger partial charge in [0.05, 0.1) is 11.6 Å². The molecule has 0 bridgehead atoms. The number of nitrogens with one attached hydrogen (secondary N) is 1. The molecule has 4 nitrogen and oxygen atoms in total. The zero-order valence-electron chi connectivity index (χ0n) is 10.6. The SMILES string of the molecule is COc1cc(C(=O)Nc2ncccc2Br)ccc1C. The summed E-state index contributed by atoms with van der Waals surface area (Å²) in [5.74, 6) is 0.956. The number of pyridine rings is 1. The highest BCUT2D eigenvalue weighted by Gasteiger charge is 2.10. The lowest BCUT2D eigenvalue weighted by molar-refractivity contribution is 0.102. The van der Waals surface area contributed by atoms with Crippen LogP contribution in [0.2, 0.25) is 0 Å². The van der Waals surface area contributed by atoms with E-state index in [4.69, 9.17) is 4.74 Å². The zero-order chi connectivity index (χ0) is 13.8. The predicted octanol–water partition coefficient (Wildman–Crippen LogP) is 3.41. The van der Waals surface area contributed by atoms with E-state index in [2.05, 4.69) is 26.2 Å². The van der Waals surface area contributed by atoms with Gasteiger partial charge in [0.2, 0.25) is 0 Å². The fraction of sp³-hybridized carbons (Fsp3) is 0.143. The monoisotopic (exact) mass is 320 g/mol. The summed E-state index contributed by atoms with van der Waals surface area (Å²) in [6.07, 6.45) is 1.62. The number of anilines is 1. The van der Waals surface area contributed by atoms with Gasteiger partial charge in [0.15, 0.2) is 0 Å². The van der Waals surface area contributed by atoms with Crippen LogP contribution < -0.4 is 10.1 Å². The molecule has 0 saturated heterocycles. The van der Waals surface area contributed by atoms with Gasteiger partial charge in [-0.25, -0.2) is 4.98 Å². The summed E-state index contributed by atoms with van der Waals surface area (Å²) in [6, 6.07) is 8.92. The van der Waals surface area contributed by atoms with Crippen molar-refractivity contribution in [2.45, 2.75) is 6.92 Å². The fourth-order valence-electron chi connectivity index (χ4n) is 1.62. The molecule has 0 atom stereocenters. The van der Waals surface area contributed by atoms with E-state index in [-0.39, 0.29) is 5.91 Å². The lowest BCUT2D eigenvalue weighted by Gasteiger charge is -2.09. The van der Waals surface area contributed by atoms with Gasteiger partial charge in [0.25, 0.3) is 5.91 Å². The Bertz CT molecular complexity index is 614. The van der Waals surface area contributed by atoms with Crippen LogP contribution in [-0.4, -0.2) is 18.0 Å². The first-order valence-corrected chi connectivity index (χ1v) is 6.47. The second kappa shape index (κ2) is 5.84. The van der Waals surface area contributed by atoms with Gasteiger partial charge in [-0.15, -0.1) is 0 Å². The average Bonchev–Trinajstić information content (AvgIpc) is 2.42. The standard InChI is InChI=1S/C14H13BrN2O2/c1-9-5-6-10(8-12(9)19-2)14(18)17-13-11(15)4-3-7-16-13/h3-8H,1-2H3,(H,16,17,18). The van der Waals surface area contributed by atoms with Crippen molar-refractivity contribution in [2.24, 2.45) is 0 Å². The molecular weight excluding hydrogens is 308 g/mol. The third-order valence-electron chi connectivity index (χ3n) is 2.66. The zero-order valence-corrected chi connectivity index (χ0v) is 12.2. The topological polar surface area (TPSA) is 51.2 Å². The maximum atomic E-state index is 12.1. The lowest BCUT2D eigenvalue weighted by Crippen LogP contribution is -2.13. The Morgan fingerprint density at radius 1 is 1.37 bits per heavy atom. The Morgan fingerprint density at radius 2 is 2.16 bits per heavy atom. The molecule has 1 heterocycles. The summed E-state index contributed by atoms with van der Waals surface area (Å²) in [5, 5.41) is 2.74. The lowest BCUT2D eigenvalue weighted by atomic mass is 10.1. The first kappa shape index (κ1) is 13.5. The van der Waals surface area contributed by atoms with Crippen LogP contribution >= 0.6 is 15.9 Å². The minimum absolute atomic E-state index is 0.224. The maximum absolute atomic E-state index is 12.1.